The van der Waals surface area contributed by atoms with E-state index in [1.807, 2.05) is 12.1 Å². The lowest BCUT2D eigenvalue weighted by Gasteiger charge is -2.32. The Morgan fingerprint density at radius 2 is 2.00 bits per heavy atom. The number of nitrogens with zero attached hydrogens (tertiary/aromatic N) is 1. The van der Waals surface area contributed by atoms with E-state index in [0.717, 1.165) is 45.0 Å². The van der Waals surface area contributed by atoms with Crippen LogP contribution in [0.15, 0.2) is 24.3 Å². The van der Waals surface area contributed by atoms with Gasteiger partial charge in [0.1, 0.15) is 0 Å². The molecular weight excluding hydrogens is 268 g/mol. The fourth-order valence-corrected chi connectivity index (χ4v) is 2.45. The number of carbonyl (C=O) groups excluding carboxylic acids is 1. The molecule has 1 unspecified atom stereocenters. The van der Waals surface area contributed by atoms with Crippen molar-refractivity contribution in [1.82, 2.24) is 10.2 Å². The van der Waals surface area contributed by atoms with Crippen molar-refractivity contribution < 1.29 is 14.3 Å². The normalized spacial score (nSPS) is 17.4. The highest BCUT2D eigenvalue weighted by Gasteiger charge is 2.16. The average molecular weight is 292 g/mol. The molecule has 0 spiro atoms. The van der Waals surface area contributed by atoms with E-state index in [-0.39, 0.29) is 5.97 Å². The van der Waals surface area contributed by atoms with Crippen LogP contribution >= 0.6 is 0 Å². The molecule has 0 saturated carbocycles. The van der Waals surface area contributed by atoms with Crippen molar-refractivity contribution in [2.45, 2.75) is 19.5 Å². The van der Waals surface area contributed by atoms with Crippen LogP contribution in [-0.2, 0) is 16.0 Å². The minimum Gasteiger partial charge on any atom is -0.465 e. The molecule has 0 radical (unpaired) electrons. The van der Waals surface area contributed by atoms with Crippen LogP contribution < -0.4 is 5.32 Å². The molecule has 1 aromatic carbocycles. The van der Waals surface area contributed by atoms with Crippen LogP contribution in [0.3, 0.4) is 0 Å². The molecule has 5 heteroatoms. The van der Waals surface area contributed by atoms with Crippen LogP contribution in [0, 0.1) is 0 Å². The first kappa shape index (κ1) is 15.9. The Hall–Kier alpha value is -1.43. The molecule has 1 fully saturated rings. The summed E-state index contributed by atoms with van der Waals surface area (Å²) in [6.07, 6.45) is 0. The van der Waals surface area contributed by atoms with E-state index in [2.05, 4.69) is 21.9 Å². The zero-order valence-electron chi connectivity index (χ0n) is 12.8. The fraction of sp³-hybridized carbons (Fsp3) is 0.562. The SMILES string of the molecule is COC(=O)c1ccc(CNCC(C)N2CCOCC2)cc1. The molecule has 2 rings (SSSR count). The van der Waals surface area contributed by atoms with Gasteiger partial charge in [-0.25, -0.2) is 4.79 Å². The van der Waals surface area contributed by atoms with Gasteiger partial charge in [-0.3, -0.25) is 4.90 Å². The summed E-state index contributed by atoms with van der Waals surface area (Å²) in [7, 11) is 1.39. The van der Waals surface area contributed by atoms with Crippen LogP contribution in [0.25, 0.3) is 0 Å². The molecule has 1 atom stereocenters. The second-order valence-electron chi connectivity index (χ2n) is 5.32. The van der Waals surface area contributed by atoms with Gasteiger partial charge in [0, 0.05) is 32.2 Å². The van der Waals surface area contributed by atoms with Gasteiger partial charge in [-0.2, -0.15) is 0 Å². The van der Waals surface area contributed by atoms with Gasteiger partial charge in [0.15, 0.2) is 0 Å². The van der Waals surface area contributed by atoms with Crippen LogP contribution in [-0.4, -0.2) is 56.9 Å². The Balaban J connectivity index is 1.73. The van der Waals surface area contributed by atoms with Crippen LogP contribution in [0.1, 0.15) is 22.8 Å². The molecular formula is C16H24N2O3. The summed E-state index contributed by atoms with van der Waals surface area (Å²) in [6.45, 7) is 7.67. The van der Waals surface area contributed by atoms with Crippen molar-refractivity contribution in [1.29, 1.82) is 0 Å². The maximum Gasteiger partial charge on any atom is 0.337 e. The zero-order chi connectivity index (χ0) is 15.1. The van der Waals surface area contributed by atoms with E-state index in [1.165, 1.54) is 7.11 Å². The minimum absolute atomic E-state index is 0.296. The molecule has 21 heavy (non-hydrogen) atoms. The number of hydrogen-bond acceptors (Lipinski definition) is 5. The van der Waals surface area contributed by atoms with Crippen LogP contribution in [0.4, 0.5) is 0 Å². The Bertz CT molecular complexity index is 441. The third-order valence-corrected chi connectivity index (χ3v) is 3.81. The Morgan fingerprint density at radius 1 is 1.33 bits per heavy atom. The predicted molar refractivity (Wildman–Crippen MR) is 81.3 cm³/mol. The average Bonchev–Trinajstić information content (AvgIpc) is 2.55. The number of carbonyl (C=O) groups is 1. The Kier molecular flexibility index (Phi) is 6.17. The van der Waals surface area contributed by atoms with E-state index in [1.54, 1.807) is 12.1 Å². The van der Waals surface area contributed by atoms with E-state index in [4.69, 9.17) is 4.74 Å². The fourth-order valence-electron chi connectivity index (χ4n) is 2.45. The Morgan fingerprint density at radius 3 is 2.62 bits per heavy atom. The molecule has 1 N–H and O–H groups in total. The number of morpholine rings is 1. The topological polar surface area (TPSA) is 50.8 Å². The standard InChI is InChI=1S/C16H24N2O3/c1-13(18-7-9-21-10-8-18)11-17-12-14-3-5-15(6-4-14)16(19)20-2/h3-6,13,17H,7-12H2,1-2H3. The molecule has 1 aliphatic rings. The molecule has 0 amide bonds. The first-order chi connectivity index (χ1) is 10.2. The summed E-state index contributed by atoms with van der Waals surface area (Å²) >= 11 is 0. The number of rotatable bonds is 6. The molecule has 116 valence electrons. The minimum atomic E-state index is -0.296. The number of hydrogen-bond donors (Lipinski definition) is 1. The predicted octanol–water partition coefficient (Wildman–Crippen LogP) is 1.28. The lowest BCUT2D eigenvalue weighted by atomic mass is 10.1. The van der Waals surface area contributed by atoms with Gasteiger partial charge >= 0.3 is 5.97 Å². The quantitative estimate of drug-likeness (QED) is 0.801. The van der Waals surface area contributed by atoms with E-state index in [9.17, 15) is 4.79 Å². The number of esters is 1. The second-order valence-corrected chi connectivity index (χ2v) is 5.32. The number of nitrogens with one attached hydrogen (secondary N) is 1. The van der Waals surface area contributed by atoms with Gasteiger partial charge < -0.3 is 14.8 Å². The smallest absolute Gasteiger partial charge is 0.337 e. The number of benzene rings is 1. The van der Waals surface area contributed by atoms with Gasteiger partial charge in [0.05, 0.1) is 25.9 Å². The summed E-state index contributed by atoms with van der Waals surface area (Å²) in [4.78, 5) is 13.8. The largest absolute Gasteiger partial charge is 0.465 e. The Labute approximate surface area is 126 Å². The lowest BCUT2D eigenvalue weighted by molar-refractivity contribution is 0.0203. The van der Waals surface area contributed by atoms with Crippen molar-refractivity contribution >= 4 is 5.97 Å². The number of methoxy groups -OCH3 is 1. The highest BCUT2D eigenvalue weighted by Crippen LogP contribution is 2.06. The summed E-state index contributed by atoms with van der Waals surface area (Å²) in [5.74, 6) is -0.296. The summed E-state index contributed by atoms with van der Waals surface area (Å²) in [6, 6.07) is 8.02. The summed E-state index contributed by atoms with van der Waals surface area (Å²) in [5, 5.41) is 3.46. The van der Waals surface area contributed by atoms with Gasteiger partial charge in [0.2, 0.25) is 0 Å². The van der Waals surface area contributed by atoms with Crippen molar-refractivity contribution in [2.24, 2.45) is 0 Å². The lowest BCUT2D eigenvalue weighted by Crippen LogP contribution is -2.46. The van der Waals surface area contributed by atoms with E-state index >= 15 is 0 Å². The van der Waals surface area contributed by atoms with Gasteiger partial charge in [-0.05, 0) is 24.6 Å². The molecule has 1 heterocycles. The van der Waals surface area contributed by atoms with Gasteiger partial charge in [0.25, 0.3) is 0 Å². The maximum absolute atomic E-state index is 11.3. The van der Waals surface area contributed by atoms with Crippen molar-refractivity contribution in [3.63, 3.8) is 0 Å². The summed E-state index contributed by atoms with van der Waals surface area (Å²) < 4.78 is 10.0. The van der Waals surface area contributed by atoms with Gasteiger partial charge in [-0.1, -0.05) is 12.1 Å². The monoisotopic (exact) mass is 292 g/mol. The molecule has 0 aromatic heterocycles. The third-order valence-electron chi connectivity index (χ3n) is 3.81. The summed E-state index contributed by atoms with van der Waals surface area (Å²) in [5.41, 5.74) is 1.75. The number of ether oxygens (including phenoxy) is 2. The molecule has 0 bridgehead atoms. The third kappa shape index (κ3) is 4.81. The molecule has 1 saturated heterocycles. The van der Waals surface area contributed by atoms with Crippen molar-refractivity contribution in [3.05, 3.63) is 35.4 Å². The highest BCUT2D eigenvalue weighted by atomic mass is 16.5. The van der Waals surface area contributed by atoms with Crippen molar-refractivity contribution in [3.8, 4) is 0 Å². The zero-order valence-corrected chi connectivity index (χ0v) is 12.8. The van der Waals surface area contributed by atoms with Crippen molar-refractivity contribution in [2.75, 3.05) is 40.0 Å². The molecule has 1 aliphatic heterocycles. The first-order valence-electron chi connectivity index (χ1n) is 7.40. The van der Waals surface area contributed by atoms with E-state index < -0.39 is 0 Å². The maximum atomic E-state index is 11.3. The van der Waals surface area contributed by atoms with Crippen LogP contribution in [0.2, 0.25) is 0 Å². The van der Waals surface area contributed by atoms with Gasteiger partial charge in [-0.15, -0.1) is 0 Å². The highest BCUT2D eigenvalue weighted by molar-refractivity contribution is 5.89. The van der Waals surface area contributed by atoms with Crippen LogP contribution in [0.5, 0.6) is 0 Å². The molecule has 0 aliphatic carbocycles. The van der Waals surface area contributed by atoms with E-state index in [0.29, 0.717) is 11.6 Å². The molecule has 1 aromatic rings. The molecule has 5 nitrogen and oxygen atoms in total. The first-order valence-corrected chi connectivity index (χ1v) is 7.40. The second kappa shape index (κ2) is 8.12.